The number of benzene rings is 2. The number of rotatable bonds is 10. The molecule has 0 saturated heterocycles. The molecule has 0 fully saturated rings. The fourth-order valence-corrected chi connectivity index (χ4v) is 2.60. The fraction of sp³-hybridized carbons (Fsp3) is 0.280. The van der Waals surface area contributed by atoms with Gasteiger partial charge in [0.05, 0.1) is 0 Å². The molecule has 0 saturated carbocycles. The van der Waals surface area contributed by atoms with Crippen LogP contribution in [0.15, 0.2) is 70.7 Å². The molecule has 2 rings (SSSR count). The Hall–Kier alpha value is -3.14. The van der Waals surface area contributed by atoms with Crippen LogP contribution in [0.3, 0.4) is 0 Å². The molecule has 0 N–H and O–H groups in total. The molecule has 0 aliphatic heterocycles. The molecule has 0 bridgehead atoms. The van der Waals surface area contributed by atoms with Crippen molar-refractivity contribution in [2.75, 3.05) is 51.1 Å². The molecule has 0 aliphatic carbocycles. The van der Waals surface area contributed by atoms with Crippen molar-refractivity contribution >= 4 is 36.0 Å². The summed E-state index contributed by atoms with van der Waals surface area (Å²) >= 11 is 0. The highest BCUT2D eigenvalue weighted by Gasteiger charge is 1.93. The molecule has 2 aromatic rings. The summed E-state index contributed by atoms with van der Waals surface area (Å²) in [7, 11) is 8.17. The Bertz CT molecular complexity index is 755. The summed E-state index contributed by atoms with van der Waals surface area (Å²) in [5.41, 5.74) is 4.76. The molecule has 4 nitrogen and oxygen atoms in total. The minimum atomic E-state index is 0.789. The maximum atomic E-state index is 4.40. The lowest BCUT2D eigenvalue weighted by atomic mass is 10.2. The van der Waals surface area contributed by atoms with E-state index in [0.717, 1.165) is 19.5 Å². The summed E-state index contributed by atoms with van der Waals surface area (Å²) in [4.78, 5) is 13.0. The van der Waals surface area contributed by atoms with Crippen LogP contribution in [0.5, 0.6) is 0 Å². The van der Waals surface area contributed by atoms with Crippen molar-refractivity contribution in [3.05, 3.63) is 71.8 Å². The van der Waals surface area contributed by atoms with Gasteiger partial charge in [-0.15, -0.1) is 0 Å². The molecule has 0 spiro atoms. The molecule has 0 heterocycles. The van der Waals surface area contributed by atoms with E-state index in [1.807, 2.05) is 52.8 Å². The van der Waals surface area contributed by atoms with Crippen LogP contribution < -0.4 is 9.80 Å². The second-order valence-corrected chi connectivity index (χ2v) is 7.15. The molecule has 29 heavy (non-hydrogen) atoms. The summed E-state index contributed by atoms with van der Waals surface area (Å²) in [6.07, 6.45) is 12.8. The summed E-state index contributed by atoms with van der Waals surface area (Å²) in [5.74, 6) is 0. The first-order chi connectivity index (χ1) is 14.1. The average molecular weight is 389 g/mol. The van der Waals surface area contributed by atoms with Gasteiger partial charge in [0.25, 0.3) is 0 Å². The lowest BCUT2D eigenvalue weighted by molar-refractivity contribution is 0.851. The average Bonchev–Trinajstić information content (AvgIpc) is 2.72. The number of aliphatic imine (C=N–C) groups is 2. The van der Waals surface area contributed by atoms with Gasteiger partial charge in [-0.05, 0) is 54.0 Å². The van der Waals surface area contributed by atoms with Gasteiger partial charge in [-0.1, -0.05) is 36.4 Å². The molecule has 0 radical (unpaired) electrons. The highest BCUT2D eigenvalue weighted by atomic mass is 15.1. The highest BCUT2D eigenvalue weighted by molar-refractivity contribution is 5.79. The van der Waals surface area contributed by atoms with Crippen LogP contribution in [0.1, 0.15) is 17.5 Å². The molecule has 0 amide bonds. The zero-order valence-corrected chi connectivity index (χ0v) is 18.0. The van der Waals surface area contributed by atoms with Crippen molar-refractivity contribution in [1.82, 2.24) is 0 Å². The van der Waals surface area contributed by atoms with Crippen LogP contribution in [-0.4, -0.2) is 53.7 Å². The minimum absolute atomic E-state index is 0.789. The zero-order chi connectivity index (χ0) is 20.9. The fourth-order valence-electron chi connectivity index (χ4n) is 2.60. The first-order valence-corrected chi connectivity index (χ1v) is 9.94. The number of allylic oxidation sites excluding steroid dienone is 2. The van der Waals surface area contributed by atoms with Crippen LogP contribution >= 0.6 is 0 Å². The van der Waals surface area contributed by atoms with E-state index in [0.29, 0.717) is 0 Å². The predicted molar refractivity (Wildman–Crippen MR) is 131 cm³/mol. The van der Waals surface area contributed by atoms with Gasteiger partial charge >= 0.3 is 0 Å². The largest absolute Gasteiger partial charge is 0.378 e. The molecule has 4 heteroatoms. The third-order valence-electron chi connectivity index (χ3n) is 4.35. The lowest BCUT2D eigenvalue weighted by Gasteiger charge is -2.11. The van der Waals surface area contributed by atoms with Gasteiger partial charge < -0.3 is 9.80 Å². The first-order valence-electron chi connectivity index (χ1n) is 9.94. The smallest absolute Gasteiger partial charge is 0.0406 e. The number of nitrogens with zero attached hydrogens (tertiary/aromatic N) is 4. The maximum absolute atomic E-state index is 4.40. The van der Waals surface area contributed by atoms with Crippen LogP contribution in [0.4, 0.5) is 11.4 Å². The molecule has 0 aliphatic rings. The Labute approximate surface area is 175 Å². The first kappa shape index (κ1) is 22.2. The Morgan fingerprint density at radius 1 is 0.621 bits per heavy atom. The van der Waals surface area contributed by atoms with E-state index in [1.54, 1.807) is 0 Å². The standard InChI is InChI=1S/C25H32N4/c1-28(2)24-14-10-22(11-15-24)8-5-18-26-20-7-21-27-19-6-9-23-12-16-25(17-13-23)29(3)4/h5-6,8-19H,7,20-21H2,1-4H3/b8-5+,9-6+,26-18?,27-19?. The van der Waals surface area contributed by atoms with Crippen molar-refractivity contribution in [2.24, 2.45) is 9.98 Å². The van der Waals surface area contributed by atoms with Crippen LogP contribution in [-0.2, 0) is 0 Å². The second kappa shape index (κ2) is 12.3. The van der Waals surface area contributed by atoms with Gasteiger partial charge in [-0.2, -0.15) is 0 Å². The minimum Gasteiger partial charge on any atom is -0.378 e. The van der Waals surface area contributed by atoms with Crippen molar-refractivity contribution in [2.45, 2.75) is 6.42 Å². The third-order valence-corrected chi connectivity index (χ3v) is 4.35. The summed E-state index contributed by atoms with van der Waals surface area (Å²) in [5, 5.41) is 0. The van der Waals surface area contributed by atoms with Gasteiger partial charge in [-0.3, -0.25) is 9.98 Å². The molecule has 0 unspecified atom stereocenters. The van der Waals surface area contributed by atoms with Gasteiger partial charge in [-0.25, -0.2) is 0 Å². The Morgan fingerprint density at radius 2 is 1.00 bits per heavy atom. The number of hydrogen-bond acceptors (Lipinski definition) is 4. The molecule has 0 atom stereocenters. The predicted octanol–water partition coefficient (Wildman–Crippen LogP) is 5.08. The van der Waals surface area contributed by atoms with Gasteiger partial charge in [0.15, 0.2) is 0 Å². The summed E-state index contributed by atoms with van der Waals surface area (Å²) in [6.45, 7) is 1.58. The van der Waals surface area contributed by atoms with Crippen molar-refractivity contribution in [1.29, 1.82) is 0 Å². The quantitative estimate of drug-likeness (QED) is 0.420. The van der Waals surface area contributed by atoms with E-state index in [4.69, 9.17) is 0 Å². The van der Waals surface area contributed by atoms with E-state index in [2.05, 4.69) is 80.5 Å². The Morgan fingerprint density at radius 3 is 1.34 bits per heavy atom. The van der Waals surface area contributed by atoms with Gasteiger partial charge in [0.1, 0.15) is 0 Å². The van der Waals surface area contributed by atoms with Crippen LogP contribution in [0, 0.1) is 0 Å². The third kappa shape index (κ3) is 8.60. The monoisotopic (exact) mass is 388 g/mol. The topological polar surface area (TPSA) is 31.2 Å². The molecule has 0 aromatic heterocycles. The summed E-state index contributed by atoms with van der Waals surface area (Å²) < 4.78 is 0. The molecular weight excluding hydrogens is 356 g/mol. The van der Waals surface area contributed by atoms with E-state index in [9.17, 15) is 0 Å². The van der Waals surface area contributed by atoms with Crippen LogP contribution in [0.2, 0.25) is 0 Å². The van der Waals surface area contributed by atoms with Gasteiger partial charge in [0.2, 0.25) is 0 Å². The van der Waals surface area contributed by atoms with E-state index in [1.165, 1.54) is 22.5 Å². The number of anilines is 2. The van der Waals surface area contributed by atoms with Crippen molar-refractivity contribution < 1.29 is 0 Å². The molecule has 152 valence electrons. The van der Waals surface area contributed by atoms with Crippen LogP contribution in [0.25, 0.3) is 12.2 Å². The zero-order valence-electron chi connectivity index (χ0n) is 18.0. The second-order valence-electron chi connectivity index (χ2n) is 7.15. The number of hydrogen-bond donors (Lipinski definition) is 0. The Kier molecular flexibility index (Phi) is 9.43. The van der Waals surface area contributed by atoms with E-state index < -0.39 is 0 Å². The molecule has 2 aromatic carbocycles. The van der Waals surface area contributed by atoms with Crippen molar-refractivity contribution in [3.63, 3.8) is 0 Å². The SMILES string of the molecule is CN(C)c1ccc(/C=C/C=NCCCN=C/C=C/c2ccc(N(C)C)cc2)cc1. The maximum Gasteiger partial charge on any atom is 0.0406 e. The Balaban J connectivity index is 1.62. The van der Waals surface area contributed by atoms with Crippen molar-refractivity contribution in [3.8, 4) is 0 Å². The van der Waals surface area contributed by atoms with Gasteiger partial charge in [0, 0.05) is 65.1 Å². The lowest BCUT2D eigenvalue weighted by Crippen LogP contribution is -2.07. The highest BCUT2D eigenvalue weighted by Crippen LogP contribution is 2.13. The van der Waals surface area contributed by atoms with E-state index >= 15 is 0 Å². The van der Waals surface area contributed by atoms with E-state index in [-0.39, 0.29) is 0 Å². The normalized spacial score (nSPS) is 12.0. The molecular formula is C25H32N4. The summed E-state index contributed by atoms with van der Waals surface area (Å²) in [6, 6.07) is 16.9.